The highest BCUT2D eigenvalue weighted by Crippen LogP contribution is 2.37. The van der Waals surface area contributed by atoms with Crippen molar-refractivity contribution in [3.8, 4) is 0 Å². The SMILES string of the molecule is OC[C@@H]1[C@@H](O)[C@H](O)[C@@H](O)CN1C[C@H]1CCN(c2ncccc2C(F)(F)F)C1. The maximum Gasteiger partial charge on any atom is 0.419 e. The summed E-state index contributed by atoms with van der Waals surface area (Å²) in [6.07, 6.45) is -6.30. The number of piperidine rings is 1. The Hall–Kier alpha value is -1.46. The van der Waals surface area contributed by atoms with Gasteiger partial charge in [-0.15, -0.1) is 0 Å². The largest absolute Gasteiger partial charge is 0.419 e. The highest BCUT2D eigenvalue weighted by Gasteiger charge is 2.43. The van der Waals surface area contributed by atoms with Crippen molar-refractivity contribution >= 4 is 5.82 Å². The number of likely N-dealkylation sites (tertiary alicyclic amines) is 1. The van der Waals surface area contributed by atoms with Gasteiger partial charge >= 0.3 is 6.18 Å². The van der Waals surface area contributed by atoms with Gasteiger partial charge in [0.1, 0.15) is 18.0 Å². The van der Waals surface area contributed by atoms with Crippen LogP contribution < -0.4 is 4.90 Å². The van der Waals surface area contributed by atoms with Crippen molar-refractivity contribution in [1.29, 1.82) is 0 Å². The molecule has 7 nitrogen and oxygen atoms in total. The summed E-state index contributed by atoms with van der Waals surface area (Å²) in [7, 11) is 0. The normalized spacial score (nSPS) is 32.9. The lowest BCUT2D eigenvalue weighted by atomic mass is 9.93. The number of aliphatic hydroxyl groups is 4. The van der Waals surface area contributed by atoms with E-state index in [0.717, 1.165) is 6.07 Å². The first-order valence-electron chi connectivity index (χ1n) is 8.88. The molecule has 0 aliphatic carbocycles. The topological polar surface area (TPSA) is 100 Å². The molecule has 3 heterocycles. The molecule has 10 heteroatoms. The first-order valence-corrected chi connectivity index (χ1v) is 8.88. The van der Waals surface area contributed by atoms with Gasteiger partial charge in [0.05, 0.1) is 24.3 Å². The number of hydrogen-bond acceptors (Lipinski definition) is 7. The number of nitrogens with zero attached hydrogens (tertiary/aromatic N) is 3. The number of halogens is 3. The van der Waals surface area contributed by atoms with Gasteiger partial charge < -0.3 is 25.3 Å². The van der Waals surface area contributed by atoms with Gasteiger partial charge in [-0.2, -0.15) is 13.2 Å². The van der Waals surface area contributed by atoms with Crippen LogP contribution in [0, 0.1) is 5.92 Å². The lowest BCUT2D eigenvalue weighted by molar-refractivity contribution is -0.147. The van der Waals surface area contributed by atoms with E-state index in [1.54, 1.807) is 9.80 Å². The molecular formula is C17H24F3N3O4. The van der Waals surface area contributed by atoms with Gasteiger partial charge in [-0.25, -0.2) is 4.98 Å². The zero-order valence-corrected chi connectivity index (χ0v) is 14.6. The molecule has 0 amide bonds. The van der Waals surface area contributed by atoms with E-state index in [2.05, 4.69) is 4.98 Å². The molecule has 0 unspecified atom stereocenters. The van der Waals surface area contributed by atoms with Crippen molar-refractivity contribution < 1.29 is 33.6 Å². The van der Waals surface area contributed by atoms with Crippen LogP contribution in [0.5, 0.6) is 0 Å². The zero-order chi connectivity index (χ0) is 19.8. The summed E-state index contributed by atoms with van der Waals surface area (Å²) in [5.74, 6) is -0.114. The fraction of sp³-hybridized carbons (Fsp3) is 0.706. The van der Waals surface area contributed by atoms with Gasteiger partial charge in [-0.3, -0.25) is 4.90 Å². The average molecular weight is 391 g/mol. The van der Waals surface area contributed by atoms with E-state index in [1.807, 2.05) is 0 Å². The van der Waals surface area contributed by atoms with Crippen LogP contribution >= 0.6 is 0 Å². The fourth-order valence-corrected chi connectivity index (χ4v) is 3.96. The predicted octanol–water partition coefficient (Wildman–Crippen LogP) is -0.314. The molecule has 0 radical (unpaired) electrons. The van der Waals surface area contributed by atoms with Gasteiger partial charge in [0.2, 0.25) is 0 Å². The Bertz CT molecular complexity index is 648. The minimum atomic E-state index is -4.49. The molecular weight excluding hydrogens is 367 g/mol. The first-order chi connectivity index (χ1) is 12.7. The third-order valence-electron chi connectivity index (χ3n) is 5.39. The molecule has 5 atom stereocenters. The quantitative estimate of drug-likeness (QED) is 0.559. The summed E-state index contributed by atoms with van der Waals surface area (Å²) in [6, 6.07) is 1.54. The second kappa shape index (κ2) is 7.88. The van der Waals surface area contributed by atoms with Crippen molar-refractivity contribution in [1.82, 2.24) is 9.88 Å². The molecule has 0 spiro atoms. The average Bonchev–Trinajstić information content (AvgIpc) is 3.08. The van der Waals surface area contributed by atoms with Gasteiger partial charge in [-0.05, 0) is 24.5 Å². The molecule has 4 N–H and O–H groups in total. The van der Waals surface area contributed by atoms with E-state index in [4.69, 9.17) is 0 Å². The molecule has 2 saturated heterocycles. The molecule has 3 rings (SSSR count). The van der Waals surface area contributed by atoms with Gasteiger partial charge in [0.25, 0.3) is 0 Å². The predicted molar refractivity (Wildman–Crippen MR) is 90.0 cm³/mol. The van der Waals surface area contributed by atoms with Crippen molar-refractivity contribution in [3.05, 3.63) is 23.9 Å². The van der Waals surface area contributed by atoms with Crippen LogP contribution in [0.25, 0.3) is 0 Å². The number of aromatic nitrogens is 1. The van der Waals surface area contributed by atoms with Crippen LogP contribution in [-0.2, 0) is 6.18 Å². The van der Waals surface area contributed by atoms with Crippen molar-refractivity contribution in [2.45, 2.75) is 37.0 Å². The fourth-order valence-electron chi connectivity index (χ4n) is 3.96. The Kier molecular flexibility index (Phi) is 5.92. The van der Waals surface area contributed by atoms with Gasteiger partial charge in [0.15, 0.2) is 0 Å². The Morgan fingerprint density at radius 3 is 2.56 bits per heavy atom. The molecule has 0 aromatic carbocycles. The molecule has 27 heavy (non-hydrogen) atoms. The highest BCUT2D eigenvalue weighted by molar-refractivity contribution is 5.49. The van der Waals surface area contributed by atoms with E-state index in [0.29, 0.717) is 26.1 Å². The number of anilines is 1. The number of aliphatic hydroxyl groups excluding tert-OH is 4. The summed E-state index contributed by atoms with van der Waals surface area (Å²) >= 11 is 0. The van der Waals surface area contributed by atoms with Crippen LogP contribution in [0.2, 0.25) is 0 Å². The zero-order valence-electron chi connectivity index (χ0n) is 14.6. The Morgan fingerprint density at radius 2 is 1.89 bits per heavy atom. The number of pyridine rings is 1. The van der Waals surface area contributed by atoms with Crippen LogP contribution in [0.3, 0.4) is 0 Å². The molecule has 2 aliphatic heterocycles. The van der Waals surface area contributed by atoms with E-state index in [-0.39, 0.29) is 24.9 Å². The minimum absolute atomic E-state index is 0.0169. The molecule has 0 bridgehead atoms. The summed E-state index contributed by atoms with van der Waals surface area (Å²) in [5, 5.41) is 39.2. The van der Waals surface area contributed by atoms with E-state index in [9.17, 15) is 33.6 Å². The lowest BCUT2D eigenvalue weighted by Gasteiger charge is -2.44. The minimum Gasteiger partial charge on any atom is -0.395 e. The second-order valence-corrected chi connectivity index (χ2v) is 7.23. The third kappa shape index (κ3) is 4.19. The lowest BCUT2D eigenvalue weighted by Crippen LogP contribution is -2.63. The Balaban J connectivity index is 1.69. The van der Waals surface area contributed by atoms with Crippen molar-refractivity contribution in [2.75, 3.05) is 37.7 Å². The summed E-state index contributed by atoms with van der Waals surface area (Å²) in [5.41, 5.74) is -0.772. The first kappa shape index (κ1) is 20.3. The van der Waals surface area contributed by atoms with Crippen LogP contribution in [0.4, 0.5) is 19.0 Å². The number of rotatable bonds is 4. The molecule has 152 valence electrons. The summed E-state index contributed by atoms with van der Waals surface area (Å²) < 4.78 is 39.6. The van der Waals surface area contributed by atoms with Crippen molar-refractivity contribution in [3.63, 3.8) is 0 Å². The van der Waals surface area contributed by atoms with Crippen LogP contribution in [0.1, 0.15) is 12.0 Å². The molecule has 2 aliphatic rings. The number of alkyl halides is 3. The summed E-state index contributed by atoms with van der Waals surface area (Å²) in [4.78, 5) is 7.20. The monoisotopic (exact) mass is 391 g/mol. The maximum atomic E-state index is 13.2. The van der Waals surface area contributed by atoms with Gasteiger partial charge in [0, 0.05) is 32.4 Å². The molecule has 0 saturated carbocycles. The highest BCUT2D eigenvalue weighted by atomic mass is 19.4. The Labute approximate surface area is 154 Å². The Morgan fingerprint density at radius 1 is 1.15 bits per heavy atom. The second-order valence-electron chi connectivity index (χ2n) is 7.23. The van der Waals surface area contributed by atoms with Crippen molar-refractivity contribution in [2.24, 2.45) is 5.92 Å². The molecule has 1 aromatic rings. The van der Waals surface area contributed by atoms with Gasteiger partial charge in [-0.1, -0.05) is 0 Å². The maximum absolute atomic E-state index is 13.2. The molecule has 2 fully saturated rings. The van der Waals surface area contributed by atoms with E-state index < -0.39 is 36.1 Å². The number of β-amino-alcohol motifs (C(OH)–C–C–N with tert-alkyl or cyclic N) is 1. The smallest absolute Gasteiger partial charge is 0.395 e. The summed E-state index contributed by atoms with van der Waals surface area (Å²) in [6.45, 7) is 0.841. The third-order valence-corrected chi connectivity index (χ3v) is 5.39. The van der Waals surface area contributed by atoms with E-state index >= 15 is 0 Å². The van der Waals surface area contributed by atoms with Crippen LogP contribution in [0.15, 0.2) is 18.3 Å². The number of hydrogen-bond donors (Lipinski definition) is 4. The van der Waals surface area contributed by atoms with Crippen LogP contribution in [-0.4, -0.2) is 87.4 Å². The molecule has 1 aromatic heterocycles. The van der Waals surface area contributed by atoms with E-state index in [1.165, 1.54) is 12.3 Å². The standard InChI is InChI=1S/C17H24F3N3O4/c18-17(19,20)11-2-1-4-21-16(11)22-5-3-10(6-22)7-23-8-13(25)15(27)14(26)12(23)9-24/h1-2,4,10,12-15,24-27H,3,5-9H2/t10-,12+,13-,14+,15+/m0/s1.